The minimum Gasteiger partial charge on any atom is -0.285 e. The van der Waals surface area contributed by atoms with Gasteiger partial charge in [0.15, 0.2) is 0 Å². The quantitative estimate of drug-likeness (QED) is 0.538. The summed E-state index contributed by atoms with van der Waals surface area (Å²) in [6.07, 6.45) is 2.02. The van der Waals surface area contributed by atoms with Gasteiger partial charge >= 0.3 is 0 Å². The van der Waals surface area contributed by atoms with Gasteiger partial charge in [-0.05, 0) is 40.8 Å². The summed E-state index contributed by atoms with van der Waals surface area (Å²) >= 11 is 0. The topological polar surface area (TPSA) is 34.1 Å². The lowest BCUT2D eigenvalue weighted by molar-refractivity contribution is 0.0818. The van der Waals surface area contributed by atoms with Crippen LogP contribution in [-0.4, -0.2) is 11.6 Å². The van der Waals surface area contributed by atoms with E-state index in [9.17, 15) is 9.59 Å². The molecule has 2 nitrogen and oxygen atoms in total. The molecule has 0 spiro atoms. The summed E-state index contributed by atoms with van der Waals surface area (Å²) < 4.78 is 0. The molecule has 0 unspecified atom stereocenters. The Kier molecular flexibility index (Phi) is 2.90. The lowest BCUT2D eigenvalue weighted by Gasteiger charge is -2.08. The van der Waals surface area contributed by atoms with Crippen LogP contribution >= 0.6 is 0 Å². The molecule has 3 aromatic carbocycles. The molecule has 0 aliphatic heterocycles. The Bertz CT molecular complexity index is 897. The second-order valence-corrected chi connectivity index (χ2v) is 5.64. The molecular weight excluding hydrogens is 272 g/mol. The molecule has 0 saturated heterocycles. The van der Waals surface area contributed by atoms with Gasteiger partial charge in [0.2, 0.25) is 11.6 Å². The number of carbonyl (C=O) groups excluding carboxylic acids is 2. The molecule has 0 N–H and O–H groups in total. The lowest BCUT2D eigenvalue weighted by Crippen LogP contribution is -2.14. The van der Waals surface area contributed by atoms with E-state index in [1.807, 2.05) is 24.3 Å². The third-order valence-corrected chi connectivity index (χ3v) is 4.36. The Morgan fingerprint density at radius 2 is 1.41 bits per heavy atom. The number of aryl methyl sites for hydroxylation is 2. The van der Waals surface area contributed by atoms with E-state index in [-0.39, 0.29) is 0 Å². The number of ketones is 2. The Balaban J connectivity index is 1.86. The van der Waals surface area contributed by atoms with Crippen molar-refractivity contribution in [1.82, 2.24) is 0 Å². The fourth-order valence-corrected chi connectivity index (χ4v) is 3.29. The van der Waals surface area contributed by atoms with E-state index in [1.165, 1.54) is 11.1 Å². The summed E-state index contributed by atoms with van der Waals surface area (Å²) in [4.78, 5) is 25.1. The second kappa shape index (κ2) is 4.92. The van der Waals surface area contributed by atoms with Crippen molar-refractivity contribution >= 4 is 22.3 Å². The summed E-state index contributed by atoms with van der Waals surface area (Å²) in [7, 11) is 0. The first kappa shape index (κ1) is 13.0. The fourth-order valence-electron chi connectivity index (χ4n) is 3.29. The van der Waals surface area contributed by atoms with Gasteiger partial charge in [-0.2, -0.15) is 0 Å². The van der Waals surface area contributed by atoms with Crippen molar-refractivity contribution in [2.24, 2.45) is 0 Å². The van der Waals surface area contributed by atoms with E-state index in [0.717, 1.165) is 23.6 Å². The monoisotopic (exact) mass is 286 g/mol. The molecule has 0 radical (unpaired) electrons. The van der Waals surface area contributed by atoms with E-state index in [4.69, 9.17) is 0 Å². The van der Waals surface area contributed by atoms with Gasteiger partial charge in [-0.1, -0.05) is 54.6 Å². The Hall–Kier alpha value is -2.74. The van der Waals surface area contributed by atoms with Gasteiger partial charge in [0.25, 0.3) is 0 Å². The average Bonchev–Trinajstić information content (AvgIpc) is 3.00. The van der Waals surface area contributed by atoms with E-state index >= 15 is 0 Å². The van der Waals surface area contributed by atoms with Crippen molar-refractivity contribution in [3.8, 4) is 0 Å². The summed E-state index contributed by atoms with van der Waals surface area (Å²) in [5.41, 5.74) is 3.50. The van der Waals surface area contributed by atoms with Gasteiger partial charge in [0.1, 0.15) is 0 Å². The number of carbonyl (C=O) groups is 2. The smallest absolute Gasteiger partial charge is 0.234 e. The molecule has 3 aromatic rings. The van der Waals surface area contributed by atoms with Crippen LogP contribution in [0.1, 0.15) is 31.8 Å². The third kappa shape index (κ3) is 1.88. The van der Waals surface area contributed by atoms with Gasteiger partial charge in [0.05, 0.1) is 0 Å². The van der Waals surface area contributed by atoms with E-state index in [1.54, 1.807) is 30.3 Å². The van der Waals surface area contributed by atoms with Crippen LogP contribution < -0.4 is 0 Å². The molecule has 0 atom stereocenters. The fraction of sp³-hybridized carbons (Fsp3) is 0.100. The first-order valence-electron chi connectivity index (χ1n) is 7.43. The average molecular weight is 286 g/mol. The molecule has 0 bridgehead atoms. The highest BCUT2D eigenvalue weighted by atomic mass is 16.2. The zero-order valence-electron chi connectivity index (χ0n) is 12.0. The molecule has 2 heteroatoms. The molecule has 22 heavy (non-hydrogen) atoms. The zero-order chi connectivity index (χ0) is 15.1. The molecule has 0 saturated carbocycles. The summed E-state index contributed by atoms with van der Waals surface area (Å²) in [5.74, 6) is -0.874. The van der Waals surface area contributed by atoms with Crippen LogP contribution in [0.15, 0.2) is 60.7 Å². The number of Topliss-reactive ketones (excluding diaryl/α,β-unsaturated/α-hetero) is 2. The summed E-state index contributed by atoms with van der Waals surface area (Å²) in [6.45, 7) is 0. The van der Waals surface area contributed by atoms with Crippen molar-refractivity contribution in [2.75, 3.05) is 0 Å². The highest BCUT2D eigenvalue weighted by molar-refractivity contribution is 6.50. The second-order valence-electron chi connectivity index (χ2n) is 5.64. The van der Waals surface area contributed by atoms with Gasteiger partial charge in [-0.3, -0.25) is 9.59 Å². The van der Waals surface area contributed by atoms with E-state index < -0.39 is 11.6 Å². The maximum Gasteiger partial charge on any atom is 0.234 e. The highest BCUT2D eigenvalue weighted by Crippen LogP contribution is 2.33. The maximum absolute atomic E-state index is 12.7. The molecule has 0 heterocycles. The van der Waals surface area contributed by atoms with Crippen molar-refractivity contribution in [3.05, 3.63) is 82.9 Å². The predicted octanol–water partition coefficient (Wildman–Crippen LogP) is 4.00. The van der Waals surface area contributed by atoms with Gasteiger partial charge in [0, 0.05) is 11.1 Å². The van der Waals surface area contributed by atoms with Gasteiger partial charge in [-0.15, -0.1) is 0 Å². The Morgan fingerprint density at radius 1 is 0.682 bits per heavy atom. The molecule has 0 aromatic heterocycles. The first-order valence-corrected chi connectivity index (χ1v) is 7.43. The van der Waals surface area contributed by atoms with Gasteiger partial charge in [-0.25, -0.2) is 0 Å². The summed E-state index contributed by atoms with van der Waals surface area (Å²) in [5, 5.41) is 2.07. The standard InChI is InChI=1S/C20H14O2/c21-19(15-5-2-1-3-6-15)20(22)17-12-11-14-10-9-13-7-4-8-16(17)18(13)14/h1-8,11-12H,9-10H2. The van der Waals surface area contributed by atoms with Crippen LogP contribution in [0.4, 0.5) is 0 Å². The highest BCUT2D eigenvalue weighted by Gasteiger charge is 2.23. The number of hydrogen-bond donors (Lipinski definition) is 0. The van der Waals surface area contributed by atoms with E-state index in [0.29, 0.717) is 11.1 Å². The number of hydrogen-bond acceptors (Lipinski definition) is 2. The van der Waals surface area contributed by atoms with Crippen LogP contribution in [0, 0.1) is 0 Å². The Morgan fingerprint density at radius 3 is 2.18 bits per heavy atom. The lowest BCUT2D eigenvalue weighted by atomic mass is 9.94. The minimum atomic E-state index is -0.445. The van der Waals surface area contributed by atoms with Crippen LogP contribution in [-0.2, 0) is 12.8 Å². The van der Waals surface area contributed by atoms with Crippen LogP contribution in [0.3, 0.4) is 0 Å². The maximum atomic E-state index is 12.7. The SMILES string of the molecule is O=C(C(=O)c1ccc2c3c(cccc13)CC2)c1ccccc1. The van der Waals surface area contributed by atoms with E-state index in [2.05, 4.69) is 6.07 Å². The molecule has 0 fully saturated rings. The molecule has 1 aliphatic carbocycles. The van der Waals surface area contributed by atoms with Gasteiger partial charge < -0.3 is 0 Å². The first-order chi connectivity index (χ1) is 10.8. The van der Waals surface area contributed by atoms with Crippen molar-refractivity contribution < 1.29 is 9.59 Å². The van der Waals surface area contributed by atoms with Crippen molar-refractivity contribution in [1.29, 1.82) is 0 Å². The minimum absolute atomic E-state index is 0.429. The summed E-state index contributed by atoms with van der Waals surface area (Å²) in [6, 6.07) is 18.5. The molecule has 106 valence electrons. The molecule has 0 amide bonds. The molecular formula is C20H14O2. The third-order valence-electron chi connectivity index (χ3n) is 4.36. The van der Waals surface area contributed by atoms with Crippen molar-refractivity contribution in [3.63, 3.8) is 0 Å². The zero-order valence-corrected chi connectivity index (χ0v) is 12.0. The number of rotatable bonds is 3. The predicted molar refractivity (Wildman–Crippen MR) is 86.5 cm³/mol. The largest absolute Gasteiger partial charge is 0.285 e. The molecule has 1 aliphatic rings. The molecule has 4 rings (SSSR count). The van der Waals surface area contributed by atoms with Crippen LogP contribution in [0.25, 0.3) is 10.8 Å². The Labute approximate surface area is 128 Å². The van der Waals surface area contributed by atoms with Crippen molar-refractivity contribution in [2.45, 2.75) is 12.8 Å². The number of benzene rings is 3. The normalized spacial score (nSPS) is 12.5. The van der Waals surface area contributed by atoms with Crippen LogP contribution in [0.2, 0.25) is 0 Å². The van der Waals surface area contributed by atoms with Crippen LogP contribution in [0.5, 0.6) is 0 Å².